The Labute approximate surface area is 168 Å². The van der Waals surface area contributed by atoms with E-state index in [9.17, 15) is 9.59 Å². The molecule has 6 heterocycles. The van der Waals surface area contributed by atoms with Gasteiger partial charge in [-0.25, -0.2) is 4.98 Å². The molecule has 0 aromatic carbocycles. The van der Waals surface area contributed by atoms with Crippen LogP contribution in [-0.4, -0.2) is 79.0 Å². The SMILES string of the molecule is CN1CCN(c2csc3cnc(C(=O)N[C@H]4CN5CCC4CC5)cc23)CC1=O. The number of hydrogen-bond donors (Lipinski definition) is 1. The van der Waals surface area contributed by atoms with E-state index in [1.54, 1.807) is 22.4 Å². The lowest BCUT2D eigenvalue weighted by Gasteiger charge is -2.44. The fourth-order valence-corrected chi connectivity index (χ4v) is 5.54. The fourth-order valence-electron chi connectivity index (χ4n) is 4.62. The molecule has 4 aliphatic heterocycles. The standard InChI is InChI=1S/C20H25N5O2S/c1-23-6-7-25(11-19(23)26)17-12-28-18-9-21-15(8-14(17)18)20(27)22-16-10-24-4-2-13(16)3-5-24/h8-9,12-13,16H,2-7,10-11H2,1H3,(H,22,27)/t16-/m0/s1. The fraction of sp³-hybridized carbons (Fsp3) is 0.550. The Morgan fingerprint density at radius 2 is 2.07 bits per heavy atom. The maximum atomic E-state index is 12.9. The molecule has 1 N–H and O–H groups in total. The molecule has 2 aromatic rings. The topological polar surface area (TPSA) is 68.8 Å². The summed E-state index contributed by atoms with van der Waals surface area (Å²) in [5, 5.41) is 6.30. The number of amides is 2. The molecule has 2 bridgehead atoms. The van der Waals surface area contributed by atoms with Crippen molar-refractivity contribution in [3.05, 3.63) is 23.3 Å². The third-order valence-corrected chi connectivity index (χ3v) is 7.36. The molecule has 28 heavy (non-hydrogen) atoms. The molecule has 4 fully saturated rings. The zero-order chi connectivity index (χ0) is 19.3. The number of aromatic nitrogens is 1. The molecule has 2 amide bonds. The molecule has 2 aromatic heterocycles. The minimum atomic E-state index is -0.0905. The quantitative estimate of drug-likeness (QED) is 0.845. The minimum absolute atomic E-state index is 0.0905. The summed E-state index contributed by atoms with van der Waals surface area (Å²) in [6.07, 6.45) is 4.12. The van der Waals surface area contributed by atoms with Crippen LogP contribution in [0.2, 0.25) is 0 Å². The van der Waals surface area contributed by atoms with Crippen molar-refractivity contribution in [3.63, 3.8) is 0 Å². The van der Waals surface area contributed by atoms with Crippen LogP contribution in [0.5, 0.6) is 0 Å². The van der Waals surface area contributed by atoms with Crippen LogP contribution in [0.1, 0.15) is 23.3 Å². The molecule has 0 saturated carbocycles. The highest BCUT2D eigenvalue weighted by molar-refractivity contribution is 7.17. The number of thiophene rings is 1. The first-order valence-corrected chi connectivity index (χ1v) is 10.9. The second-order valence-electron chi connectivity index (χ2n) is 8.14. The van der Waals surface area contributed by atoms with Gasteiger partial charge in [-0.3, -0.25) is 9.59 Å². The first-order valence-electron chi connectivity index (χ1n) is 9.98. The van der Waals surface area contributed by atoms with E-state index in [2.05, 4.69) is 25.5 Å². The van der Waals surface area contributed by atoms with Crippen LogP contribution in [0.3, 0.4) is 0 Å². The second-order valence-corrected chi connectivity index (χ2v) is 9.05. The van der Waals surface area contributed by atoms with Crippen LogP contribution in [0.4, 0.5) is 5.69 Å². The van der Waals surface area contributed by atoms with Crippen molar-refractivity contribution in [2.45, 2.75) is 18.9 Å². The lowest BCUT2D eigenvalue weighted by atomic mass is 9.84. The van der Waals surface area contributed by atoms with E-state index in [4.69, 9.17) is 0 Å². The van der Waals surface area contributed by atoms with E-state index in [1.807, 2.05) is 13.1 Å². The molecule has 0 spiro atoms. The summed E-state index contributed by atoms with van der Waals surface area (Å²) in [5.74, 6) is 0.623. The molecule has 7 nitrogen and oxygen atoms in total. The molecular weight excluding hydrogens is 374 g/mol. The predicted molar refractivity (Wildman–Crippen MR) is 110 cm³/mol. The molecule has 148 valence electrons. The Balaban J connectivity index is 1.37. The molecule has 0 aliphatic carbocycles. The second kappa shape index (κ2) is 7.00. The lowest BCUT2D eigenvalue weighted by Crippen LogP contribution is -2.57. The molecule has 4 aliphatic rings. The summed E-state index contributed by atoms with van der Waals surface area (Å²) in [4.78, 5) is 35.7. The number of pyridine rings is 1. The van der Waals surface area contributed by atoms with Crippen LogP contribution < -0.4 is 10.2 Å². The number of hydrogen-bond acceptors (Lipinski definition) is 6. The number of carbonyl (C=O) groups excluding carboxylic acids is 2. The van der Waals surface area contributed by atoms with Gasteiger partial charge in [0.1, 0.15) is 5.69 Å². The van der Waals surface area contributed by atoms with Crippen molar-refractivity contribution >= 4 is 38.9 Å². The van der Waals surface area contributed by atoms with E-state index in [0.29, 0.717) is 24.7 Å². The third kappa shape index (κ3) is 3.14. The average Bonchev–Trinajstić information content (AvgIpc) is 3.14. The van der Waals surface area contributed by atoms with E-state index in [-0.39, 0.29) is 17.9 Å². The summed E-state index contributed by atoms with van der Waals surface area (Å²) in [7, 11) is 1.84. The number of fused-ring (bicyclic) bond motifs is 4. The Bertz CT molecular complexity index is 920. The van der Waals surface area contributed by atoms with Gasteiger partial charge >= 0.3 is 0 Å². The average molecular weight is 400 g/mol. The zero-order valence-corrected chi connectivity index (χ0v) is 16.9. The van der Waals surface area contributed by atoms with Crippen molar-refractivity contribution in [2.24, 2.45) is 5.92 Å². The number of piperidine rings is 3. The highest BCUT2D eigenvalue weighted by atomic mass is 32.1. The van der Waals surface area contributed by atoms with Gasteiger partial charge in [-0.2, -0.15) is 0 Å². The van der Waals surface area contributed by atoms with Gasteiger partial charge < -0.3 is 20.0 Å². The summed E-state index contributed by atoms with van der Waals surface area (Å²) >= 11 is 1.61. The maximum absolute atomic E-state index is 12.9. The zero-order valence-electron chi connectivity index (χ0n) is 16.1. The molecule has 1 atom stereocenters. The third-order valence-electron chi connectivity index (χ3n) is 6.44. The van der Waals surface area contributed by atoms with Gasteiger partial charge in [0.25, 0.3) is 5.91 Å². The first kappa shape index (κ1) is 17.9. The van der Waals surface area contributed by atoms with Gasteiger partial charge in [-0.05, 0) is 37.9 Å². The largest absolute Gasteiger partial charge is 0.359 e. The smallest absolute Gasteiger partial charge is 0.270 e. The van der Waals surface area contributed by atoms with E-state index >= 15 is 0 Å². The first-order chi connectivity index (χ1) is 13.6. The highest BCUT2D eigenvalue weighted by Crippen LogP contribution is 2.34. The van der Waals surface area contributed by atoms with Crippen LogP contribution in [-0.2, 0) is 4.79 Å². The Morgan fingerprint density at radius 1 is 1.25 bits per heavy atom. The molecular formula is C20H25N5O2S. The minimum Gasteiger partial charge on any atom is -0.359 e. The van der Waals surface area contributed by atoms with Crippen LogP contribution >= 0.6 is 11.3 Å². The molecule has 6 rings (SSSR count). The Hall–Kier alpha value is -2.19. The van der Waals surface area contributed by atoms with E-state index in [0.717, 1.165) is 42.0 Å². The van der Waals surface area contributed by atoms with Gasteiger partial charge in [0.05, 0.1) is 16.9 Å². The van der Waals surface area contributed by atoms with Crippen molar-refractivity contribution < 1.29 is 9.59 Å². The van der Waals surface area contributed by atoms with Crippen LogP contribution in [0.15, 0.2) is 17.6 Å². The normalized spacial score (nSPS) is 27.5. The summed E-state index contributed by atoms with van der Waals surface area (Å²) < 4.78 is 1.04. The molecule has 4 saturated heterocycles. The number of rotatable bonds is 3. The van der Waals surface area contributed by atoms with Crippen molar-refractivity contribution in [1.82, 2.24) is 20.1 Å². The lowest BCUT2D eigenvalue weighted by molar-refractivity contribution is -0.129. The van der Waals surface area contributed by atoms with Crippen molar-refractivity contribution in [3.8, 4) is 0 Å². The number of piperazine rings is 1. The molecule has 0 unspecified atom stereocenters. The number of nitrogens with one attached hydrogen (secondary N) is 1. The number of carbonyl (C=O) groups is 2. The van der Waals surface area contributed by atoms with Gasteiger partial charge in [-0.1, -0.05) is 0 Å². The summed E-state index contributed by atoms with van der Waals surface area (Å²) in [6.45, 7) is 5.16. The Kier molecular flexibility index (Phi) is 4.47. The molecule has 0 radical (unpaired) electrons. The van der Waals surface area contributed by atoms with Gasteiger partial charge in [-0.15, -0.1) is 11.3 Å². The number of likely N-dealkylation sites (N-methyl/N-ethyl adjacent to an activating group) is 1. The van der Waals surface area contributed by atoms with Crippen molar-refractivity contribution in [2.75, 3.05) is 51.2 Å². The predicted octanol–water partition coefficient (Wildman–Crippen LogP) is 1.40. The van der Waals surface area contributed by atoms with E-state index in [1.165, 1.54) is 12.8 Å². The Morgan fingerprint density at radius 3 is 2.79 bits per heavy atom. The summed E-state index contributed by atoms with van der Waals surface area (Å²) in [5.41, 5.74) is 1.49. The summed E-state index contributed by atoms with van der Waals surface area (Å²) in [6, 6.07) is 2.12. The van der Waals surface area contributed by atoms with Crippen LogP contribution in [0, 0.1) is 5.92 Å². The number of anilines is 1. The molecule has 8 heteroatoms. The highest BCUT2D eigenvalue weighted by Gasteiger charge is 2.35. The maximum Gasteiger partial charge on any atom is 0.270 e. The van der Waals surface area contributed by atoms with Gasteiger partial charge in [0, 0.05) is 49.7 Å². The van der Waals surface area contributed by atoms with Gasteiger partial charge in [0.15, 0.2) is 0 Å². The van der Waals surface area contributed by atoms with Gasteiger partial charge in [0.2, 0.25) is 5.91 Å². The van der Waals surface area contributed by atoms with Crippen LogP contribution in [0.25, 0.3) is 10.1 Å². The number of nitrogens with zero attached hydrogens (tertiary/aromatic N) is 4. The monoisotopic (exact) mass is 399 g/mol. The van der Waals surface area contributed by atoms with E-state index < -0.39 is 0 Å². The van der Waals surface area contributed by atoms with Crippen molar-refractivity contribution in [1.29, 1.82) is 0 Å².